The lowest BCUT2D eigenvalue weighted by Gasteiger charge is -2.08. The summed E-state index contributed by atoms with van der Waals surface area (Å²) in [5.41, 5.74) is 0. The summed E-state index contributed by atoms with van der Waals surface area (Å²) in [6.45, 7) is 5.67. The molecule has 0 radical (unpaired) electrons. The number of rotatable bonds is 8. The summed E-state index contributed by atoms with van der Waals surface area (Å²) in [4.78, 5) is 11.9. The van der Waals surface area contributed by atoms with E-state index in [1.54, 1.807) is 0 Å². The zero-order chi connectivity index (χ0) is 12.5. The first-order valence-electron chi connectivity index (χ1n) is 5.31. The van der Waals surface area contributed by atoms with Crippen molar-refractivity contribution in [3.8, 4) is 0 Å². The predicted octanol–water partition coefficient (Wildman–Crippen LogP) is 1.34. The van der Waals surface area contributed by atoms with Crippen LogP contribution in [0.2, 0.25) is 5.28 Å². The van der Waals surface area contributed by atoms with Crippen LogP contribution in [-0.4, -0.2) is 41.6 Å². The third kappa shape index (κ3) is 5.62. The number of hydrogen-bond donors (Lipinski definition) is 2. The average molecular weight is 262 g/mol. The molecule has 2 N–H and O–H groups in total. The molecule has 7 nitrogen and oxygen atoms in total. The molecule has 1 heterocycles. The van der Waals surface area contributed by atoms with E-state index < -0.39 is 0 Å². The molecule has 0 saturated heterocycles. The highest BCUT2D eigenvalue weighted by Crippen LogP contribution is 2.08. The third-order valence-corrected chi connectivity index (χ3v) is 1.85. The van der Waals surface area contributed by atoms with Crippen molar-refractivity contribution < 1.29 is 9.47 Å². The average Bonchev–Trinajstić information content (AvgIpc) is 2.29. The first kappa shape index (κ1) is 13.9. The highest BCUT2D eigenvalue weighted by Gasteiger charge is 2.03. The van der Waals surface area contributed by atoms with Gasteiger partial charge >= 0.3 is 0 Å². The van der Waals surface area contributed by atoms with Crippen LogP contribution in [0.1, 0.15) is 13.8 Å². The molecule has 0 unspecified atom stereocenters. The Labute approximate surface area is 105 Å². The topological polar surface area (TPSA) is 81.2 Å². The second-order valence-electron chi connectivity index (χ2n) is 2.88. The zero-order valence-corrected chi connectivity index (χ0v) is 10.6. The van der Waals surface area contributed by atoms with Crippen molar-refractivity contribution in [3.63, 3.8) is 0 Å². The fourth-order valence-corrected chi connectivity index (χ4v) is 1.10. The summed E-state index contributed by atoms with van der Waals surface area (Å²) < 4.78 is 10.2. The minimum Gasteiger partial charge on any atom is -0.362 e. The summed E-state index contributed by atoms with van der Waals surface area (Å²) in [5, 5.41) is 5.84. The van der Waals surface area contributed by atoms with Crippen LogP contribution in [0.3, 0.4) is 0 Å². The molecule has 0 aliphatic carbocycles. The molecule has 0 amide bonds. The van der Waals surface area contributed by atoms with Crippen LogP contribution >= 0.6 is 11.6 Å². The Bertz CT molecular complexity index is 311. The lowest BCUT2D eigenvalue weighted by molar-refractivity contribution is 0.165. The van der Waals surface area contributed by atoms with Gasteiger partial charge in [-0.15, -0.1) is 0 Å². The number of aromatic nitrogens is 3. The molecule has 0 atom stereocenters. The molecule has 17 heavy (non-hydrogen) atoms. The van der Waals surface area contributed by atoms with E-state index >= 15 is 0 Å². The molecular weight excluding hydrogens is 246 g/mol. The Hall–Kier alpha value is -1.18. The first-order chi connectivity index (χ1) is 8.26. The van der Waals surface area contributed by atoms with Crippen molar-refractivity contribution in [2.24, 2.45) is 0 Å². The van der Waals surface area contributed by atoms with Crippen molar-refractivity contribution in [1.29, 1.82) is 0 Å². The van der Waals surface area contributed by atoms with Gasteiger partial charge in [0, 0.05) is 13.2 Å². The van der Waals surface area contributed by atoms with E-state index in [1.165, 1.54) is 0 Å². The van der Waals surface area contributed by atoms with Crippen molar-refractivity contribution in [3.05, 3.63) is 5.28 Å². The van der Waals surface area contributed by atoms with Gasteiger partial charge in [-0.3, -0.25) is 0 Å². The molecule has 0 aromatic carbocycles. The Balaban J connectivity index is 2.53. The summed E-state index contributed by atoms with van der Waals surface area (Å²) in [6.07, 6.45) is 0. The van der Waals surface area contributed by atoms with Gasteiger partial charge < -0.3 is 20.1 Å². The molecule has 0 bridgehead atoms. The Kier molecular flexibility index (Phi) is 6.53. The Morgan fingerprint density at radius 1 is 0.941 bits per heavy atom. The van der Waals surface area contributed by atoms with Crippen molar-refractivity contribution in [2.45, 2.75) is 13.8 Å². The molecular formula is C9H16ClN5O2. The van der Waals surface area contributed by atoms with E-state index in [0.29, 0.717) is 38.6 Å². The molecule has 1 rings (SSSR count). The van der Waals surface area contributed by atoms with Crippen LogP contribution in [0, 0.1) is 0 Å². The second-order valence-corrected chi connectivity index (χ2v) is 3.22. The van der Waals surface area contributed by atoms with Gasteiger partial charge in [0.2, 0.25) is 17.2 Å². The molecule has 0 spiro atoms. The fourth-order valence-electron chi connectivity index (χ4n) is 0.943. The van der Waals surface area contributed by atoms with Gasteiger partial charge in [-0.1, -0.05) is 0 Å². The smallest absolute Gasteiger partial charge is 0.230 e. The summed E-state index contributed by atoms with van der Waals surface area (Å²) >= 11 is 5.75. The zero-order valence-electron chi connectivity index (χ0n) is 9.86. The van der Waals surface area contributed by atoms with Crippen LogP contribution in [0.25, 0.3) is 0 Å². The lowest BCUT2D eigenvalue weighted by Crippen LogP contribution is -2.13. The number of nitrogens with zero attached hydrogens (tertiary/aromatic N) is 3. The Morgan fingerprint density at radius 2 is 1.41 bits per heavy atom. The minimum atomic E-state index is 0.109. The standard InChI is InChI=1S/C9H16ClN5O2/c1-3-16-5-11-8-13-7(10)14-9(15-8)12-6-17-4-2/h3-6H2,1-2H3,(H2,11,12,13,14,15). The van der Waals surface area contributed by atoms with Crippen molar-refractivity contribution in [1.82, 2.24) is 15.0 Å². The van der Waals surface area contributed by atoms with Crippen LogP contribution < -0.4 is 10.6 Å². The number of halogens is 1. The number of anilines is 2. The normalized spacial score (nSPS) is 10.3. The van der Waals surface area contributed by atoms with E-state index in [4.69, 9.17) is 21.1 Å². The molecule has 0 aliphatic rings. The number of ether oxygens (including phenoxy) is 2. The van der Waals surface area contributed by atoms with Gasteiger partial charge in [-0.2, -0.15) is 15.0 Å². The van der Waals surface area contributed by atoms with Crippen molar-refractivity contribution >= 4 is 23.5 Å². The SMILES string of the molecule is CCOCNc1nc(Cl)nc(NCOCC)n1. The van der Waals surface area contributed by atoms with E-state index in [-0.39, 0.29) is 5.28 Å². The maximum absolute atomic E-state index is 5.75. The van der Waals surface area contributed by atoms with Gasteiger partial charge in [0.1, 0.15) is 13.5 Å². The van der Waals surface area contributed by atoms with Gasteiger partial charge in [0.05, 0.1) is 0 Å². The molecule has 1 aromatic rings. The monoisotopic (exact) mass is 261 g/mol. The fraction of sp³-hybridized carbons (Fsp3) is 0.667. The number of nitrogens with one attached hydrogen (secondary N) is 2. The van der Waals surface area contributed by atoms with Crippen molar-refractivity contribution in [2.75, 3.05) is 37.3 Å². The molecule has 8 heteroatoms. The maximum atomic E-state index is 5.75. The number of hydrogen-bond acceptors (Lipinski definition) is 7. The maximum Gasteiger partial charge on any atom is 0.230 e. The first-order valence-corrected chi connectivity index (χ1v) is 5.68. The second kappa shape index (κ2) is 7.99. The van der Waals surface area contributed by atoms with Gasteiger partial charge in [-0.05, 0) is 25.4 Å². The minimum absolute atomic E-state index is 0.109. The molecule has 0 saturated carbocycles. The van der Waals surface area contributed by atoms with E-state index in [0.717, 1.165) is 0 Å². The Morgan fingerprint density at radius 3 is 1.82 bits per heavy atom. The molecule has 1 aromatic heterocycles. The van der Waals surface area contributed by atoms with Crippen LogP contribution in [-0.2, 0) is 9.47 Å². The van der Waals surface area contributed by atoms with Gasteiger partial charge in [0.25, 0.3) is 0 Å². The summed E-state index contributed by atoms with van der Waals surface area (Å²) in [5.74, 6) is 0.717. The van der Waals surface area contributed by atoms with Crippen LogP contribution in [0.5, 0.6) is 0 Å². The van der Waals surface area contributed by atoms with Crippen LogP contribution in [0.15, 0.2) is 0 Å². The van der Waals surface area contributed by atoms with E-state index in [2.05, 4.69) is 25.6 Å². The van der Waals surface area contributed by atoms with Crippen LogP contribution in [0.4, 0.5) is 11.9 Å². The third-order valence-electron chi connectivity index (χ3n) is 1.68. The highest BCUT2D eigenvalue weighted by atomic mass is 35.5. The van der Waals surface area contributed by atoms with E-state index in [9.17, 15) is 0 Å². The molecule has 0 fully saturated rings. The van der Waals surface area contributed by atoms with Gasteiger partial charge in [-0.25, -0.2) is 0 Å². The highest BCUT2D eigenvalue weighted by molar-refractivity contribution is 6.28. The molecule has 96 valence electrons. The quantitative estimate of drug-likeness (QED) is 0.540. The summed E-state index contributed by atoms with van der Waals surface area (Å²) in [6, 6.07) is 0. The summed E-state index contributed by atoms with van der Waals surface area (Å²) in [7, 11) is 0. The van der Waals surface area contributed by atoms with E-state index in [1.807, 2.05) is 13.8 Å². The van der Waals surface area contributed by atoms with Gasteiger partial charge in [0.15, 0.2) is 0 Å². The predicted molar refractivity (Wildman–Crippen MR) is 65.1 cm³/mol. The largest absolute Gasteiger partial charge is 0.362 e. The lowest BCUT2D eigenvalue weighted by atomic mass is 10.8. The molecule has 0 aliphatic heterocycles.